The van der Waals surface area contributed by atoms with Gasteiger partial charge in [-0.05, 0) is 20.3 Å². The normalized spacial score (nSPS) is 34.8. The van der Waals surface area contributed by atoms with Crippen LogP contribution in [0.1, 0.15) is 53.9 Å². The summed E-state index contributed by atoms with van der Waals surface area (Å²) in [5.41, 5.74) is -2.09. The Morgan fingerprint density at radius 3 is 2.32 bits per heavy atom. The fourth-order valence-corrected chi connectivity index (χ4v) is 4.22. The number of hydrogen-bond acceptors (Lipinski definition) is 10. The highest BCUT2D eigenvalue weighted by Gasteiger charge is 2.63. The lowest BCUT2D eigenvalue weighted by atomic mass is 9.80. The highest BCUT2D eigenvalue weighted by molar-refractivity contribution is 5.94. The first-order chi connectivity index (χ1) is 14.4. The molecule has 2 aliphatic heterocycles. The zero-order valence-corrected chi connectivity index (χ0v) is 18.1. The lowest BCUT2D eigenvalue weighted by Crippen LogP contribution is -2.46. The molecule has 1 aliphatic carbocycles. The van der Waals surface area contributed by atoms with Crippen LogP contribution in [-0.4, -0.2) is 65.8 Å². The summed E-state index contributed by atoms with van der Waals surface area (Å²) in [6.07, 6.45) is -2.41. The van der Waals surface area contributed by atoms with Crippen LogP contribution in [0.4, 0.5) is 0 Å². The Balaban J connectivity index is 2.12. The number of epoxide rings is 1. The average molecular weight is 438 g/mol. The Hall–Kier alpha value is -2.75. The van der Waals surface area contributed by atoms with Gasteiger partial charge in [0.05, 0.1) is 11.2 Å². The lowest BCUT2D eigenvalue weighted by Gasteiger charge is -2.33. The van der Waals surface area contributed by atoms with E-state index in [1.54, 1.807) is 6.92 Å². The fourth-order valence-electron chi connectivity index (χ4n) is 4.22. The highest BCUT2D eigenvalue weighted by atomic mass is 16.7. The molecule has 0 aromatic rings. The first-order valence-corrected chi connectivity index (χ1v) is 10.0. The summed E-state index contributed by atoms with van der Waals surface area (Å²) in [6, 6.07) is 0. The van der Waals surface area contributed by atoms with Gasteiger partial charge in [0.2, 0.25) is 0 Å². The lowest BCUT2D eigenvalue weighted by molar-refractivity contribution is -0.169. The second-order valence-corrected chi connectivity index (χ2v) is 8.44. The third kappa shape index (κ3) is 4.63. The Labute approximate surface area is 179 Å². The highest BCUT2D eigenvalue weighted by Crippen LogP contribution is 2.50. The summed E-state index contributed by atoms with van der Waals surface area (Å²) in [5, 5.41) is 0. The largest absolute Gasteiger partial charge is 0.461 e. The predicted molar refractivity (Wildman–Crippen MR) is 101 cm³/mol. The smallest absolute Gasteiger partial charge is 0.338 e. The van der Waals surface area contributed by atoms with Crippen molar-refractivity contribution in [2.75, 3.05) is 6.61 Å². The fraction of sp³-hybridized carbons (Fsp3) is 0.667. The van der Waals surface area contributed by atoms with Crippen LogP contribution in [-0.2, 0) is 47.7 Å². The van der Waals surface area contributed by atoms with Crippen LogP contribution in [0, 0.1) is 0 Å². The molecule has 0 spiro atoms. The number of ketones is 1. The van der Waals surface area contributed by atoms with Gasteiger partial charge in [-0.1, -0.05) is 0 Å². The van der Waals surface area contributed by atoms with Gasteiger partial charge in [-0.3, -0.25) is 19.2 Å². The Bertz CT molecular complexity index is 873. The SMILES string of the molecule is CC(=O)OCC1=C2C(OC1=O)[C@H]1O[C@]1(C)CCC(=O)[C@@](C)(OC(C)=O)C[C@@H]2OC(C)=O. The first kappa shape index (κ1) is 22.9. The maximum Gasteiger partial charge on any atom is 0.338 e. The van der Waals surface area contributed by atoms with Crippen molar-refractivity contribution in [2.24, 2.45) is 0 Å². The molecule has 0 N–H and O–H groups in total. The van der Waals surface area contributed by atoms with Crippen LogP contribution < -0.4 is 0 Å². The molecule has 170 valence electrons. The number of Topliss-reactive ketones (excluding diaryl/α,β-unsaturated/α-hetero) is 1. The maximum atomic E-state index is 13.0. The number of rotatable bonds is 4. The minimum absolute atomic E-state index is 0.0162. The van der Waals surface area contributed by atoms with Crippen molar-refractivity contribution in [3.8, 4) is 0 Å². The quantitative estimate of drug-likeness (QED) is 0.354. The molecule has 2 heterocycles. The van der Waals surface area contributed by atoms with Gasteiger partial charge in [-0.2, -0.15) is 0 Å². The van der Waals surface area contributed by atoms with Crippen molar-refractivity contribution in [3.05, 3.63) is 11.1 Å². The van der Waals surface area contributed by atoms with E-state index in [9.17, 15) is 24.0 Å². The Morgan fingerprint density at radius 1 is 1.06 bits per heavy atom. The third-order valence-electron chi connectivity index (χ3n) is 5.81. The van der Waals surface area contributed by atoms with Crippen molar-refractivity contribution in [2.45, 2.75) is 83.4 Å². The maximum absolute atomic E-state index is 13.0. The summed E-state index contributed by atoms with van der Waals surface area (Å²) in [6.45, 7) is 6.39. The molecule has 0 aromatic heterocycles. The molecule has 3 rings (SSSR count). The number of hydrogen-bond donors (Lipinski definition) is 0. The first-order valence-electron chi connectivity index (χ1n) is 10.0. The Kier molecular flexibility index (Phi) is 5.96. The molecule has 0 aromatic carbocycles. The zero-order valence-electron chi connectivity index (χ0n) is 18.1. The molecule has 3 aliphatic rings. The molecule has 5 atom stereocenters. The molecular weight excluding hydrogens is 412 g/mol. The van der Waals surface area contributed by atoms with Crippen molar-refractivity contribution in [3.63, 3.8) is 0 Å². The molecule has 1 unspecified atom stereocenters. The van der Waals surface area contributed by atoms with E-state index in [-0.39, 0.29) is 36.4 Å². The molecule has 2 fully saturated rings. The number of fused-ring (bicyclic) bond motifs is 3. The van der Waals surface area contributed by atoms with E-state index in [0.29, 0.717) is 6.42 Å². The molecule has 0 radical (unpaired) electrons. The van der Waals surface area contributed by atoms with Crippen LogP contribution in [0.25, 0.3) is 0 Å². The topological polar surface area (TPSA) is 135 Å². The van der Waals surface area contributed by atoms with E-state index >= 15 is 0 Å². The standard InChI is InChI=1S/C21H26O10/c1-10(22)27-9-13-16-14(28-11(2)23)8-21(5,30-12(3)24)15(25)6-7-20(4)18(31-20)17(16)29-19(13)26/h14,17-18H,6-9H2,1-5H3/t14-,17?,18+,20+,21-/m0/s1. The van der Waals surface area contributed by atoms with Crippen molar-refractivity contribution in [1.82, 2.24) is 0 Å². The minimum atomic E-state index is -1.61. The van der Waals surface area contributed by atoms with Gasteiger partial charge in [-0.15, -0.1) is 0 Å². The molecule has 10 nitrogen and oxygen atoms in total. The number of carbonyl (C=O) groups excluding carboxylic acids is 5. The number of ether oxygens (including phenoxy) is 5. The van der Waals surface area contributed by atoms with Gasteiger partial charge in [0.1, 0.15) is 18.8 Å². The van der Waals surface area contributed by atoms with Gasteiger partial charge in [-0.25, -0.2) is 4.79 Å². The van der Waals surface area contributed by atoms with E-state index in [1.807, 2.05) is 0 Å². The Morgan fingerprint density at radius 2 is 1.74 bits per heavy atom. The molecule has 1 saturated heterocycles. The predicted octanol–water partition coefficient (Wildman–Crippen LogP) is 0.935. The summed E-state index contributed by atoms with van der Waals surface area (Å²) in [4.78, 5) is 60.6. The summed E-state index contributed by atoms with van der Waals surface area (Å²) in [5.74, 6) is -3.04. The molecular formula is C21H26O10. The van der Waals surface area contributed by atoms with Crippen LogP contribution >= 0.6 is 0 Å². The number of carbonyl (C=O) groups is 5. The van der Waals surface area contributed by atoms with Crippen molar-refractivity contribution < 1.29 is 47.7 Å². The molecule has 31 heavy (non-hydrogen) atoms. The second kappa shape index (κ2) is 8.07. The van der Waals surface area contributed by atoms with Gasteiger partial charge in [0.25, 0.3) is 0 Å². The number of esters is 4. The molecule has 1 saturated carbocycles. The van der Waals surface area contributed by atoms with Crippen LogP contribution in [0.2, 0.25) is 0 Å². The van der Waals surface area contributed by atoms with Gasteiger partial charge >= 0.3 is 23.9 Å². The second-order valence-electron chi connectivity index (χ2n) is 8.44. The molecule has 0 bridgehead atoms. The van der Waals surface area contributed by atoms with Crippen LogP contribution in [0.3, 0.4) is 0 Å². The minimum Gasteiger partial charge on any atom is -0.461 e. The molecule has 10 heteroatoms. The van der Waals surface area contributed by atoms with Crippen LogP contribution in [0.15, 0.2) is 11.1 Å². The zero-order chi connectivity index (χ0) is 23.1. The van der Waals surface area contributed by atoms with Crippen molar-refractivity contribution >= 4 is 29.7 Å². The van der Waals surface area contributed by atoms with Crippen molar-refractivity contribution in [1.29, 1.82) is 0 Å². The van der Waals surface area contributed by atoms with E-state index < -0.39 is 53.4 Å². The summed E-state index contributed by atoms with van der Waals surface area (Å²) in [7, 11) is 0. The third-order valence-corrected chi connectivity index (χ3v) is 5.81. The molecule has 0 amide bonds. The van der Waals surface area contributed by atoms with Gasteiger partial charge < -0.3 is 23.7 Å². The van der Waals surface area contributed by atoms with Gasteiger partial charge in [0, 0.05) is 39.2 Å². The van der Waals surface area contributed by atoms with E-state index in [4.69, 9.17) is 23.7 Å². The van der Waals surface area contributed by atoms with E-state index in [0.717, 1.165) is 0 Å². The monoisotopic (exact) mass is 438 g/mol. The van der Waals surface area contributed by atoms with Gasteiger partial charge in [0.15, 0.2) is 17.5 Å². The summed E-state index contributed by atoms with van der Waals surface area (Å²) >= 11 is 0. The van der Waals surface area contributed by atoms with E-state index in [2.05, 4.69) is 0 Å². The van der Waals surface area contributed by atoms with Crippen LogP contribution in [0.5, 0.6) is 0 Å². The van der Waals surface area contributed by atoms with E-state index in [1.165, 1.54) is 27.7 Å². The average Bonchev–Trinajstić information content (AvgIpc) is 3.19. The summed E-state index contributed by atoms with van der Waals surface area (Å²) < 4.78 is 27.2.